The lowest BCUT2D eigenvalue weighted by Crippen LogP contribution is -2.49. The van der Waals surface area contributed by atoms with Gasteiger partial charge in [-0.15, -0.1) is 0 Å². The zero-order valence-electron chi connectivity index (χ0n) is 14.7. The number of piperidine rings is 1. The molecule has 1 N–H and O–H groups in total. The van der Waals surface area contributed by atoms with E-state index in [1.54, 1.807) is 0 Å². The fraction of sp³-hybridized carbons (Fsp3) is 0.933. The second-order valence-electron chi connectivity index (χ2n) is 6.59. The molecule has 24 heavy (non-hydrogen) atoms. The summed E-state index contributed by atoms with van der Waals surface area (Å²) in [7, 11) is -0.401. The summed E-state index contributed by atoms with van der Waals surface area (Å²) in [5, 5.41) is 2.96. The van der Waals surface area contributed by atoms with E-state index in [2.05, 4.69) is 10.2 Å². The van der Waals surface area contributed by atoms with E-state index in [9.17, 15) is 13.2 Å². The molecule has 0 aliphatic carbocycles. The highest BCUT2D eigenvalue weighted by atomic mass is 32.2. The third-order valence-corrected chi connectivity index (χ3v) is 6.50. The molecule has 0 unspecified atom stereocenters. The van der Waals surface area contributed by atoms with Crippen molar-refractivity contribution in [2.75, 3.05) is 66.6 Å². The highest BCUT2D eigenvalue weighted by Crippen LogP contribution is 2.20. The van der Waals surface area contributed by atoms with E-state index < -0.39 is 10.2 Å². The van der Waals surface area contributed by atoms with Crippen molar-refractivity contribution in [3.05, 3.63) is 0 Å². The lowest BCUT2D eigenvalue weighted by Gasteiger charge is -2.32. The summed E-state index contributed by atoms with van der Waals surface area (Å²) in [6.45, 7) is 5.82. The van der Waals surface area contributed by atoms with Crippen molar-refractivity contribution in [3.8, 4) is 0 Å². The average molecular weight is 362 g/mol. The number of nitrogens with one attached hydrogen (secondary N) is 1. The number of hydrogen-bond acceptors (Lipinski definition) is 5. The summed E-state index contributed by atoms with van der Waals surface area (Å²) in [5.41, 5.74) is 0. The molecular weight excluding hydrogens is 332 g/mol. The van der Waals surface area contributed by atoms with Gasteiger partial charge >= 0.3 is 0 Å². The first-order valence-electron chi connectivity index (χ1n) is 8.66. The number of morpholine rings is 1. The van der Waals surface area contributed by atoms with Gasteiger partial charge in [-0.2, -0.15) is 17.0 Å². The molecule has 0 spiro atoms. The number of carbonyl (C=O) groups excluding carboxylic acids is 1. The molecule has 140 valence electrons. The molecule has 2 aliphatic heterocycles. The van der Waals surface area contributed by atoms with Crippen LogP contribution in [0.5, 0.6) is 0 Å². The lowest BCUT2D eigenvalue weighted by molar-refractivity contribution is -0.126. The molecule has 2 rings (SSSR count). The van der Waals surface area contributed by atoms with Crippen LogP contribution in [-0.2, 0) is 19.7 Å². The van der Waals surface area contributed by atoms with Crippen LogP contribution in [0, 0.1) is 5.92 Å². The Bertz CT molecular complexity index is 506. The van der Waals surface area contributed by atoms with Crippen molar-refractivity contribution in [2.24, 2.45) is 5.92 Å². The minimum atomic E-state index is -3.44. The Morgan fingerprint density at radius 1 is 1.25 bits per heavy atom. The summed E-state index contributed by atoms with van der Waals surface area (Å²) in [5.74, 6) is -0.285. The number of hydrogen-bond donors (Lipinski definition) is 1. The Kier molecular flexibility index (Phi) is 7.42. The predicted octanol–water partition coefficient (Wildman–Crippen LogP) is -0.657. The van der Waals surface area contributed by atoms with Crippen LogP contribution in [0.4, 0.5) is 0 Å². The largest absolute Gasteiger partial charge is 0.379 e. The van der Waals surface area contributed by atoms with E-state index in [-0.39, 0.29) is 18.4 Å². The Balaban J connectivity index is 1.71. The van der Waals surface area contributed by atoms with Gasteiger partial charge in [0.2, 0.25) is 5.91 Å². The van der Waals surface area contributed by atoms with E-state index in [1.165, 1.54) is 22.7 Å². The summed E-state index contributed by atoms with van der Waals surface area (Å²) in [6, 6.07) is 0. The number of amides is 1. The smallest absolute Gasteiger partial charge is 0.281 e. The van der Waals surface area contributed by atoms with Crippen molar-refractivity contribution in [1.29, 1.82) is 0 Å². The zero-order chi connectivity index (χ0) is 17.6. The summed E-state index contributed by atoms with van der Waals surface area (Å²) < 4.78 is 32.3. The first-order valence-corrected chi connectivity index (χ1v) is 10.1. The number of carbonyl (C=O) groups is 1. The minimum absolute atomic E-state index is 0.0318. The van der Waals surface area contributed by atoms with E-state index in [4.69, 9.17) is 4.74 Å². The van der Waals surface area contributed by atoms with Crippen LogP contribution >= 0.6 is 0 Å². The summed E-state index contributed by atoms with van der Waals surface area (Å²) in [6.07, 6.45) is 2.37. The summed E-state index contributed by atoms with van der Waals surface area (Å²) >= 11 is 0. The highest BCUT2D eigenvalue weighted by Gasteiger charge is 2.33. The fourth-order valence-electron chi connectivity index (χ4n) is 3.08. The van der Waals surface area contributed by atoms with Crippen molar-refractivity contribution in [1.82, 2.24) is 18.8 Å². The summed E-state index contributed by atoms with van der Waals surface area (Å²) in [4.78, 5) is 14.6. The monoisotopic (exact) mass is 362 g/mol. The van der Waals surface area contributed by atoms with Crippen LogP contribution in [0.2, 0.25) is 0 Å². The average Bonchev–Trinajstić information content (AvgIpc) is 2.59. The molecule has 9 heteroatoms. The van der Waals surface area contributed by atoms with Crippen LogP contribution < -0.4 is 5.32 Å². The van der Waals surface area contributed by atoms with Gasteiger partial charge in [-0.25, -0.2) is 0 Å². The van der Waals surface area contributed by atoms with Gasteiger partial charge in [-0.05, 0) is 25.8 Å². The predicted molar refractivity (Wildman–Crippen MR) is 91.8 cm³/mol. The van der Waals surface area contributed by atoms with Gasteiger partial charge in [0, 0.05) is 46.8 Å². The standard InChI is InChI=1S/C15H30N4O4S/c1-17(2)24(21,22)19-8-3-5-14(13-19)15(20)16-6-4-7-18-9-11-23-12-10-18/h14H,3-13H2,1-2H3,(H,16,20)/t14-/m0/s1. The van der Waals surface area contributed by atoms with Crippen molar-refractivity contribution in [2.45, 2.75) is 19.3 Å². The molecule has 0 aromatic carbocycles. The molecule has 1 amide bonds. The van der Waals surface area contributed by atoms with Crippen molar-refractivity contribution in [3.63, 3.8) is 0 Å². The van der Waals surface area contributed by atoms with Crippen LogP contribution in [0.15, 0.2) is 0 Å². The molecule has 8 nitrogen and oxygen atoms in total. The first-order chi connectivity index (χ1) is 11.4. The van der Waals surface area contributed by atoms with E-state index in [0.29, 0.717) is 13.1 Å². The van der Waals surface area contributed by atoms with E-state index in [1.807, 2.05) is 0 Å². The molecule has 2 heterocycles. The van der Waals surface area contributed by atoms with Crippen molar-refractivity contribution < 1.29 is 17.9 Å². The number of ether oxygens (including phenoxy) is 1. The SMILES string of the molecule is CN(C)S(=O)(=O)N1CCC[C@H](C(=O)NCCCN2CCOCC2)C1. The highest BCUT2D eigenvalue weighted by molar-refractivity contribution is 7.86. The quantitative estimate of drug-likeness (QED) is 0.608. The van der Waals surface area contributed by atoms with Gasteiger partial charge in [0.15, 0.2) is 0 Å². The van der Waals surface area contributed by atoms with Gasteiger partial charge in [-0.3, -0.25) is 9.69 Å². The topological polar surface area (TPSA) is 82.2 Å². The maximum absolute atomic E-state index is 12.3. The van der Waals surface area contributed by atoms with E-state index in [0.717, 1.165) is 52.1 Å². The van der Waals surface area contributed by atoms with Crippen molar-refractivity contribution >= 4 is 16.1 Å². The lowest BCUT2D eigenvalue weighted by atomic mass is 9.99. The molecule has 0 aromatic rings. The molecular formula is C15H30N4O4S. The minimum Gasteiger partial charge on any atom is -0.379 e. The van der Waals surface area contributed by atoms with Gasteiger partial charge in [0.05, 0.1) is 19.1 Å². The Morgan fingerprint density at radius 2 is 1.96 bits per heavy atom. The second kappa shape index (κ2) is 9.10. The molecule has 0 aromatic heterocycles. The molecule has 2 fully saturated rings. The Morgan fingerprint density at radius 3 is 2.62 bits per heavy atom. The third kappa shape index (κ3) is 5.38. The third-order valence-electron chi connectivity index (χ3n) is 4.60. The molecule has 2 saturated heterocycles. The number of rotatable bonds is 7. The van der Waals surface area contributed by atoms with Crippen LogP contribution in [0.1, 0.15) is 19.3 Å². The second-order valence-corrected chi connectivity index (χ2v) is 8.73. The fourth-order valence-corrected chi connectivity index (χ4v) is 4.27. The first kappa shape index (κ1) is 19.6. The number of nitrogens with zero attached hydrogens (tertiary/aromatic N) is 3. The Labute approximate surface area is 145 Å². The van der Waals surface area contributed by atoms with Crippen LogP contribution in [0.3, 0.4) is 0 Å². The van der Waals surface area contributed by atoms with Gasteiger partial charge in [0.25, 0.3) is 10.2 Å². The Hall–Kier alpha value is -0.740. The zero-order valence-corrected chi connectivity index (χ0v) is 15.6. The maximum Gasteiger partial charge on any atom is 0.281 e. The van der Waals surface area contributed by atoms with Gasteiger partial charge in [0.1, 0.15) is 0 Å². The van der Waals surface area contributed by atoms with Crippen LogP contribution in [-0.4, -0.2) is 94.4 Å². The molecule has 2 aliphatic rings. The molecule has 1 atom stereocenters. The molecule has 0 saturated carbocycles. The van der Waals surface area contributed by atoms with Gasteiger partial charge < -0.3 is 10.1 Å². The maximum atomic E-state index is 12.3. The molecule has 0 bridgehead atoms. The molecule has 0 radical (unpaired) electrons. The van der Waals surface area contributed by atoms with E-state index >= 15 is 0 Å². The van der Waals surface area contributed by atoms with Crippen LogP contribution in [0.25, 0.3) is 0 Å². The van der Waals surface area contributed by atoms with Gasteiger partial charge in [-0.1, -0.05) is 0 Å². The normalized spacial score (nSPS) is 24.2.